The third-order valence-corrected chi connectivity index (χ3v) is 6.89. The van der Waals surface area contributed by atoms with Gasteiger partial charge in [0.05, 0.1) is 4.90 Å². The number of allylic oxidation sites excluding steroid dienone is 1. The number of hydrogen-bond donors (Lipinski definition) is 0. The summed E-state index contributed by atoms with van der Waals surface area (Å²) in [6.07, 6.45) is 3.28. The lowest BCUT2D eigenvalue weighted by Gasteiger charge is -2.23. The van der Waals surface area contributed by atoms with Crippen LogP contribution in [0.25, 0.3) is 11.5 Å². The van der Waals surface area contributed by atoms with Crippen LogP contribution in [0.4, 0.5) is 0 Å². The predicted molar refractivity (Wildman–Crippen MR) is 125 cm³/mol. The van der Waals surface area contributed by atoms with Gasteiger partial charge in [0, 0.05) is 22.7 Å². The third kappa shape index (κ3) is 4.34. The molecule has 0 N–H and O–H groups in total. The number of sulfonamides is 1. The number of carbonyl (C=O) groups excluding carboxylic acids is 1. The Morgan fingerprint density at radius 2 is 1.48 bits per heavy atom. The summed E-state index contributed by atoms with van der Waals surface area (Å²) >= 11 is 5.86. The largest absolute Gasteiger partial charge is 0.867 e. The van der Waals surface area contributed by atoms with E-state index in [2.05, 4.69) is 25.2 Å². The van der Waals surface area contributed by atoms with E-state index >= 15 is 0 Å². The van der Waals surface area contributed by atoms with E-state index in [1.807, 2.05) is 12.1 Å². The molecular weight excluding hydrogens is 460 g/mol. The van der Waals surface area contributed by atoms with Gasteiger partial charge in [0.15, 0.2) is 18.1 Å². The fraction of sp³-hybridized carbons (Fsp3) is 0.160. The van der Waals surface area contributed by atoms with E-state index in [9.17, 15) is 18.3 Å². The fourth-order valence-corrected chi connectivity index (χ4v) is 4.65. The minimum atomic E-state index is -4.29. The zero-order valence-corrected chi connectivity index (χ0v) is 19.8. The number of aromatic nitrogens is 1. The number of carbonyl (C=O) groups is 1. The van der Waals surface area contributed by atoms with Crippen molar-refractivity contribution in [1.82, 2.24) is 0 Å². The Labute approximate surface area is 197 Å². The summed E-state index contributed by atoms with van der Waals surface area (Å²) in [5.41, 5.74) is 0.661. The zero-order valence-electron chi connectivity index (χ0n) is 18.2. The molecule has 8 heteroatoms. The first-order chi connectivity index (χ1) is 15.5. The standard InChI is InChI=1S/C25H21ClN2O4S/c1-25(2,3)16-12-14-28(15-13-16)22-21(23(29)19-6-4-5-7-20(19)24(22)30)27-33(31,32)18-10-8-17(26)9-11-18/h4-15H,1-3H3. The highest BCUT2D eigenvalue weighted by atomic mass is 35.5. The summed E-state index contributed by atoms with van der Waals surface area (Å²) in [6, 6.07) is 15.4. The molecule has 0 unspecified atom stereocenters. The molecule has 33 heavy (non-hydrogen) atoms. The molecule has 4 rings (SSSR count). The van der Waals surface area contributed by atoms with Crippen molar-refractivity contribution >= 4 is 44.6 Å². The van der Waals surface area contributed by atoms with Gasteiger partial charge in [-0.15, -0.1) is 4.40 Å². The summed E-state index contributed by atoms with van der Waals surface area (Å²) in [6.45, 7) is 6.16. The highest BCUT2D eigenvalue weighted by molar-refractivity contribution is 7.90. The van der Waals surface area contributed by atoms with Gasteiger partial charge in [-0.1, -0.05) is 56.6 Å². The molecule has 0 aliphatic heterocycles. The van der Waals surface area contributed by atoms with Crippen molar-refractivity contribution < 1.29 is 22.9 Å². The molecule has 1 aliphatic carbocycles. The zero-order chi connectivity index (χ0) is 24.0. The molecule has 0 radical (unpaired) electrons. The van der Waals surface area contributed by atoms with Crippen LogP contribution in [-0.4, -0.2) is 19.9 Å². The molecule has 0 amide bonds. The smallest absolute Gasteiger partial charge is 0.283 e. The summed E-state index contributed by atoms with van der Waals surface area (Å²) < 4.78 is 31.3. The molecule has 0 bridgehead atoms. The van der Waals surface area contributed by atoms with Crippen LogP contribution in [0.1, 0.15) is 42.3 Å². The molecule has 3 aromatic rings. The normalized spacial score (nSPS) is 15.6. The molecule has 0 saturated heterocycles. The van der Waals surface area contributed by atoms with Crippen LogP contribution in [0.5, 0.6) is 0 Å². The molecule has 1 aliphatic rings. The number of nitrogens with zero attached hydrogens (tertiary/aromatic N) is 2. The van der Waals surface area contributed by atoms with E-state index in [0.29, 0.717) is 5.02 Å². The van der Waals surface area contributed by atoms with Gasteiger partial charge in [0.1, 0.15) is 0 Å². The predicted octanol–water partition coefficient (Wildman–Crippen LogP) is 3.64. The quantitative estimate of drug-likeness (QED) is 0.535. The molecule has 0 saturated carbocycles. The lowest BCUT2D eigenvalue weighted by atomic mass is 9.87. The minimum absolute atomic E-state index is 0.114. The van der Waals surface area contributed by atoms with Gasteiger partial charge < -0.3 is 5.11 Å². The van der Waals surface area contributed by atoms with Crippen molar-refractivity contribution in [3.8, 4) is 0 Å². The number of Topliss-reactive ketones (excluding diaryl/α,β-unsaturated/α-hetero) is 1. The molecule has 0 spiro atoms. The maximum Gasteiger partial charge on any atom is 0.283 e. The van der Waals surface area contributed by atoms with Crippen LogP contribution in [0, 0.1) is 0 Å². The van der Waals surface area contributed by atoms with Crippen molar-refractivity contribution in [1.29, 1.82) is 0 Å². The number of pyridine rings is 1. The summed E-state index contributed by atoms with van der Waals surface area (Å²) in [5.74, 6) is -1.12. The van der Waals surface area contributed by atoms with E-state index in [1.165, 1.54) is 34.9 Å². The van der Waals surface area contributed by atoms with Crippen LogP contribution >= 0.6 is 11.6 Å². The Morgan fingerprint density at radius 1 is 0.909 bits per heavy atom. The minimum Gasteiger partial charge on any atom is -0.867 e. The van der Waals surface area contributed by atoms with Gasteiger partial charge >= 0.3 is 0 Å². The fourth-order valence-electron chi connectivity index (χ4n) is 3.53. The second-order valence-electron chi connectivity index (χ2n) is 8.67. The average molecular weight is 481 g/mol. The number of ketones is 1. The van der Waals surface area contributed by atoms with Gasteiger partial charge in [-0.05, 0) is 46.6 Å². The first kappa shape index (κ1) is 22.9. The van der Waals surface area contributed by atoms with Crippen molar-refractivity contribution in [2.45, 2.75) is 31.1 Å². The van der Waals surface area contributed by atoms with E-state index in [4.69, 9.17) is 11.6 Å². The van der Waals surface area contributed by atoms with Crippen LogP contribution < -0.4 is 9.67 Å². The highest BCUT2D eigenvalue weighted by Gasteiger charge is 2.35. The van der Waals surface area contributed by atoms with Crippen molar-refractivity contribution in [3.05, 3.63) is 94.8 Å². The van der Waals surface area contributed by atoms with Gasteiger partial charge in [-0.25, -0.2) is 0 Å². The number of benzene rings is 2. The van der Waals surface area contributed by atoms with E-state index in [-0.39, 0.29) is 27.1 Å². The van der Waals surface area contributed by atoms with Gasteiger partial charge in [-0.3, -0.25) is 4.79 Å². The molecular formula is C25H21ClN2O4S. The molecule has 0 atom stereocenters. The maximum absolute atomic E-state index is 13.4. The molecule has 1 aromatic heterocycles. The van der Waals surface area contributed by atoms with Crippen molar-refractivity contribution in [3.63, 3.8) is 0 Å². The van der Waals surface area contributed by atoms with E-state index in [0.717, 1.165) is 5.56 Å². The van der Waals surface area contributed by atoms with Crippen molar-refractivity contribution in [2.24, 2.45) is 4.40 Å². The number of halogens is 1. The van der Waals surface area contributed by atoms with Gasteiger partial charge in [0.25, 0.3) is 10.0 Å². The maximum atomic E-state index is 13.4. The van der Waals surface area contributed by atoms with E-state index < -0.39 is 27.3 Å². The van der Waals surface area contributed by atoms with Gasteiger partial charge in [-0.2, -0.15) is 13.0 Å². The molecule has 6 nitrogen and oxygen atoms in total. The lowest BCUT2D eigenvalue weighted by molar-refractivity contribution is -0.578. The Morgan fingerprint density at radius 3 is 2.06 bits per heavy atom. The third-order valence-electron chi connectivity index (χ3n) is 5.35. The Bertz CT molecular complexity index is 1420. The Balaban J connectivity index is 1.94. The first-order valence-corrected chi connectivity index (χ1v) is 12.0. The van der Waals surface area contributed by atoms with E-state index in [1.54, 1.807) is 30.6 Å². The SMILES string of the molecule is CC(C)(C)c1cc[n+](C2=C([O-])c3ccccc3C(=O)/C2=N\S(=O)(=O)c2ccc(Cl)cc2)cc1. The van der Waals surface area contributed by atoms with Crippen molar-refractivity contribution in [2.75, 3.05) is 0 Å². The molecule has 1 heterocycles. The summed E-state index contributed by atoms with van der Waals surface area (Å²) in [5, 5.41) is 13.8. The summed E-state index contributed by atoms with van der Waals surface area (Å²) in [7, 11) is -4.29. The number of hydrogen-bond acceptors (Lipinski definition) is 4. The monoisotopic (exact) mass is 480 g/mol. The second kappa shape index (κ2) is 8.24. The Kier molecular flexibility index (Phi) is 5.72. The molecule has 0 fully saturated rings. The number of fused-ring (bicyclic) bond motifs is 1. The first-order valence-electron chi connectivity index (χ1n) is 10.2. The molecule has 168 valence electrons. The molecule has 2 aromatic carbocycles. The topological polar surface area (TPSA) is 90.5 Å². The van der Waals surface area contributed by atoms with Gasteiger partial charge in [0.2, 0.25) is 11.5 Å². The Hall–Kier alpha value is -3.29. The van der Waals surface area contributed by atoms with Crippen LogP contribution in [0.15, 0.2) is 82.4 Å². The number of rotatable bonds is 3. The summed E-state index contributed by atoms with van der Waals surface area (Å²) in [4.78, 5) is 13.2. The highest BCUT2D eigenvalue weighted by Crippen LogP contribution is 2.29. The second-order valence-corrected chi connectivity index (χ2v) is 10.7. The lowest BCUT2D eigenvalue weighted by Crippen LogP contribution is -2.43. The average Bonchev–Trinajstić information content (AvgIpc) is 2.77. The van der Waals surface area contributed by atoms with Crippen LogP contribution in [0.3, 0.4) is 0 Å². The van der Waals surface area contributed by atoms with Crippen LogP contribution in [-0.2, 0) is 15.4 Å². The van der Waals surface area contributed by atoms with Crippen LogP contribution in [0.2, 0.25) is 5.02 Å².